The predicted octanol–water partition coefficient (Wildman–Crippen LogP) is 1.69. The standard InChI is InChI=1S/C11H16N2O4S/c1-3-4-12(5-6-14)11-9(13(16)17)7-10(18-11)8(2)15/h3,7-8,14-15H,1,4-6H2,2H3/t8-/m0/s1. The van der Waals surface area contributed by atoms with Gasteiger partial charge in [0.25, 0.3) is 0 Å². The lowest BCUT2D eigenvalue weighted by atomic mass is 10.3. The molecule has 0 amide bonds. The van der Waals surface area contributed by atoms with Crippen LogP contribution in [-0.4, -0.2) is 34.8 Å². The molecule has 7 heteroatoms. The fourth-order valence-electron chi connectivity index (χ4n) is 1.51. The summed E-state index contributed by atoms with van der Waals surface area (Å²) >= 11 is 1.16. The lowest BCUT2D eigenvalue weighted by Crippen LogP contribution is -2.26. The second kappa shape index (κ2) is 6.48. The number of nitrogens with zero attached hydrogens (tertiary/aromatic N) is 2. The van der Waals surface area contributed by atoms with Gasteiger partial charge in [0.2, 0.25) is 0 Å². The topological polar surface area (TPSA) is 86.8 Å². The number of thiophene rings is 1. The maximum atomic E-state index is 11.0. The van der Waals surface area contributed by atoms with E-state index in [2.05, 4.69) is 6.58 Å². The zero-order valence-electron chi connectivity index (χ0n) is 10.1. The molecule has 1 heterocycles. The first kappa shape index (κ1) is 14.6. The molecule has 0 aromatic carbocycles. The molecule has 1 aromatic heterocycles. The Morgan fingerprint density at radius 3 is 2.83 bits per heavy atom. The normalized spacial score (nSPS) is 12.2. The molecule has 1 atom stereocenters. The summed E-state index contributed by atoms with van der Waals surface area (Å²) in [6.45, 7) is 5.73. The van der Waals surface area contributed by atoms with Crippen LogP contribution in [-0.2, 0) is 0 Å². The number of anilines is 1. The van der Waals surface area contributed by atoms with Crippen LogP contribution in [0, 0.1) is 10.1 Å². The minimum Gasteiger partial charge on any atom is -0.395 e. The van der Waals surface area contributed by atoms with Crippen LogP contribution < -0.4 is 4.90 Å². The molecule has 100 valence electrons. The highest BCUT2D eigenvalue weighted by Gasteiger charge is 2.24. The third-order valence-electron chi connectivity index (χ3n) is 2.33. The van der Waals surface area contributed by atoms with Gasteiger partial charge in [0.15, 0.2) is 5.00 Å². The average Bonchev–Trinajstić information content (AvgIpc) is 2.73. The number of nitro groups is 1. The maximum absolute atomic E-state index is 11.0. The molecule has 0 spiro atoms. The summed E-state index contributed by atoms with van der Waals surface area (Å²) in [5.74, 6) is 0. The van der Waals surface area contributed by atoms with Crippen molar-refractivity contribution in [3.63, 3.8) is 0 Å². The van der Waals surface area contributed by atoms with Crippen LogP contribution in [0.1, 0.15) is 17.9 Å². The number of hydrogen-bond donors (Lipinski definition) is 2. The first-order chi connectivity index (χ1) is 8.51. The molecule has 0 aliphatic heterocycles. The number of aliphatic hydroxyl groups is 2. The van der Waals surface area contributed by atoms with Gasteiger partial charge in [-0.05, 0) is 6.92 Å². The molecule has 6 nitrogen and oxygen atoms in total. The summed E-state index contributed by atoms with van der Waals surface area (Å²) in [5, 5.41) is 29.9. The van der Waals surface area contributed by atoms with Gasteiger partial charge < -0.3 is 15.1 Å². The smallest absolute Gasteiger partial charge is 0.304 e. The molecule has 1 rings (SSSR count). The van der Waals surface area contributed by atoms with Crippen LogP contribution in [0.3, 0.4) is 0 Å². The molecule has 0 saturated carbocycles. The van der Waals surface area contributed by atoms with Gasteiger partial charge in [-0.25, -0.2) is 0 Å². The van der Waals surface area contributed by atoms with E-state index in [-0.39, 0.29) is 18.8 Å². The summed E-state index contributed by atoms with van der Waals surface area (Å²) in [5.41, 5.74) is -0.0498. The molecule has 0 fully saturated rings. The summed E-state index contributed by atoms with van der Waals surface area (Å²) < 4.78 is 0. The highest BCUT2D eigenvalue weighted by molar-refractivity contribution is 7.16. The van der Waals surface area contributed by atoms with Gasteiger partial charge in [0.05, 0.1) is 17.6 Å². The van der Waals surface area contributed by atoms with Crippen LogP contribution in [0.4, 0.5) is 10.7 Å². The van der Waals surface area contributed by atoms with Crippen molar-refractivity contribution in [2.45, 2.75) is 13.0 Å². The Morgan fingerprint density at radius 1 is 1.72 bits per heavy atom. The van der Waals surface area contributed by atoms with Crippen molar-refractivity contribution in [1.82, 2.24) is 0 Å². The molecule has 1 aromatic rings. The summed E-state index contributed by atoms with van der Waals surface area (Å²) in [6.07, 6.45) is 0.864. The van der Waals surface area contributed by atoms with Gasteiger partial charge in [-0.15, -0.1) is 17.9 Å². The van der Waals surface area contributed by atoms with Crippen LogP contribution in [0.25, 0.3) is 0 Å². The van der Waals surface area contributed by atoms with Gasteiger partial charge in [0.1, 0.15) is 0 Å². The van der Waals surface area contributed by atoms with E-state index in [1.807, 2.05) is 0 Å². The van der Waals surface area contributed by atoms with Gasteiger partial charge in [-0.1, -0.05) is 6.08 Å². The molecule has 0 bridgehead atoms. The minimum absolute atomic E-state index is 0.0498. The van der Waals surface area contributed by atoms with Crippen molar-refractivity contribution in [3.8, 4) is 0 Å². The van der Waals surface area contributed by atoms with E-state index in [1.165, 1.54) is 6.07 Å². The van der Waals surface area contributed by atoms with E-state index in [1.54, 1.807) is 17.9 Å². The molecular formula is C11H16N2O4S. The van der Waals surface area contributed by atoms with Crippen molar-refractivity contribution in [3.05, 3.63) is 33.7 Å². The number of hydrogen-bond acceptors (Lipinski definition) is 6. The lowest BCUT2D eigenvalue weighted by Gasteiger charge is -2.19. The molecule has 2 N–H and O–H groups in total. The Bertz CT molecular complexity index is 431. The summed E-state index contributed by atoms with van der Waals surface area (Å²) in [7, 11) is 0. The zero-order valence-corrected chi connectivity index (χ0v) is 10.9. The Labute approximate surface area is 109 Å². The van der Waals surface area contributed by atoms with Crippen LogP contribution in [0.2, 0.25) is 0 Å². The van der Waals surface area contributed by atoms with E-state index in [4.69, 9.17) is 5.11 Å². The molecule has 18 heavy (non-hydrogen) atoms. The number of rotatable bonds is 7. The van der Waals surface area contributed by atoms with Gasteiger partial charge in [0, 0.05) is 24.0 Å². The van der Waals surface area contributed by atoms with Crippen molar-refractivity contribution >= 4 is 22.0 Å². The highest BCUT2D eigenvalue weighted by atomic mass is 32.1. The van der Waals surface area contributed by atoms with Crippen LogP contribution in [0.15, 0.2) is 18.7 Å². The molecule has 0 unspecified atom stereocenters. The second-order valence-corrected chi connectivity index (χ2v) is 4.79. The van der Waals surface area contributed by atoms with E-state index >= 15 is 0 Å². The molecule has 0 saturated heterocycles. The molecule has 0 aliphatic rings. The van der Waals surface area contributed by atoms with Crippen molar-refractivity contribution in [1.29, 1.82) is 0 Å². The van der Waals surface area contributed by atoms with E-state index in [0.29, 0.717) is 16.4 Å². The van der Waals surface area contributed by atoms with Gasteiger partial charge >= 0.3 is 5.69 Å². The first-order valence-electron chi connectivity index (χ1n) is 5.44. The van der Waals surface area contributed by atoms with Gasteiger partial charge in [-0.3, -0.25) is 10.1 Å². The van der Waals surface area contributed by atoms with Crippen molar-refractivity contribution < 1.29 is 15.1 Å². The minimum atomic E-state index is -0.748. The van der Waals surface area contributed by atoms with Crippen molar-refractivity contribution in [2.24, 2.45) is 0 Å². The zero-order chi connectivity index (χ0) is 13.7. The Morgan fingerprint density at radius 2 is 2.39 bits per heavy atom. The summed E-state index contributed by atoms with van der Waals surface area (Å²) in [6, 6.07) is 1.37. The lowest BCUT2D eigenvalue weighted by molar-refractivity contribution is -0.383. The highest BCUT2D eigenvalue weighted by Crippen LogP contribution is 2.39. The number of aliphatic hydroxyl groups excluding tert-OH is 2. The molecule has 0 aliphatic carbocycles. The fourth-order valence-corrected chi connectivity index (χ4v) is 2.60. The SMILES string of the molecule is C=CCN(CCO)c1sc([C@H](C)O)cc1[N+](=O)[O-]. The Hall–Kier alpha value is -1.44. The maximum Gasteiger partial charge on any atom is 0.304 e. The predicted molar refractivity (Wildman–Crippen MR) is 71.1 cm³/mol. The van der Waals surface area contributed by atoms with Crippen molar-refractivity contribution in [2.75, 3.05) is 24.6 Å². The monoisotopic (exact) mass is 272 g/mol. The molecule has 0 radical (unpaired) electrons. The van der Waals surface area contributed by atoms with E-state index in [0.717, 1.165) is 11.3 Å². The quantitative estimate of drug-likeness (QED) is 0.448. The van der Waals surface area contributed by atoms with E-state index < -0.39 is 11.0 Å². The Kier molecular flexibility index (Phi) is 5.26. The second-order valence-electron chi connectivity index (χ2n) is 3.73. The van der Waals surface area contributed by atoms with Crippen LogP contribution in [0.5, 0.6) is 0 Å². The average molecular weight is 272 g/mol. The first-order valence-corrected chi connectivity index (χ1v) is 6.25. The third-order valence-corrected chi connectivity index (χ3v) is 3.68. The van der Waals surface area contributed by atoms with Gasteiger partial charge in [-0.2, -0.15) is 0 Å². The third kappa shape index (κ3) is 3.28. The van der Waals surface area contributed by atoms with E-state index in [9.17, 15) is 15.2 Å². The van der Waals surface area contributed by atoms with Crippen LogP contribution >= 0.6 is 11.3 Å². The molecular weight excluding hydrogens is 256 g/mol. The summed E-state index contributed by atoms with van der Waals surface area (Å²) in [4.78, 5) is 12.7. The largest absolute Gasteiger partial charge is 0.395 e. The Balaban J connectivity index is 3.17. The fraction of sp³-hybridized carbons (Fsp3) is 0.455.